The van der Waals surface area contributed by atoms with Crippen molar-refractivity contribution in [2.45, 2.75) is 32.5 Å². The molecule has 0 aliphatic carbocycles. The molecule has 0 N–H and O–H groups in total. The Balaban J connectivity index is 2.69. The lowest BCUT2D eigenvalue weighted by Crippen LogP contribution is -2.15. The SMILES string of the molecule is CC(C)(C)O/C=C/c1ccc(C(F)(F)F)cc1. The molecule has 17 heavy (non-hydrogen) atoms. The highest BCUT2D eigenvalue weighted by atomic mass is 19.4. The second-order valence-electron chi connectivity index (χ2n) is 4.65. The van der Waals surface area contributed by atoms with Gasteiger partial charge >= 0.3 is 6.18 Å². The maximum Gasteiger partial charge on any atom is 0.416 e. The fourth-order valence-electron chi connectivity index (χ4n) is 1.10. The number of ether oxygens (including phenoxy) is 1. The van der Waals surface area contributed by atoms with E-state index in [0.717, 1.165) is 12.1 Å². The van der Waals surface area contributed by atoms with Crippen molar-refractivity contribution >= 4 is 6.08 Å². The van der Waals surface area contributed by atoms with Crippen LogP contribution in [-0.4, -0.2) is 5.60 Å². The van der Waals surface area contributed by atoms with Gasteiger partial charge in [-0.3, -0.25) is 0 Å². The Kier molecular flexibility index (Phi) is 3.86. The van der Waals surface area contributed by atoms with Crippen LogP contribution in [0.4, 0.5) is 13.2 Å². The molecule has 0 amide bonds. The van der Waals surface area contributed by atoms with Crippen LogP contribution in [0.2, 0.25) is 0 Å². The monoisotopic (exact) mass is 244 g/mol. The van der Waals surface area contributed by atoms with Crippen molar-refractivity contribution in [1.29, 1.82) is 0 Å². The van der Waals surface area contributed by atoms with Crippen molar-refractivity contribution in [2.75, 3.05) is 0 Å². The molecule has 0 fully saturated rings. The van der Waals surface area contributed by atoms with E-state index in [1.165, 1.54) is 18.4 Å². The van der Waals surface area contributed by atoms with Gasteiger partial charge in [0.25, 0.3) is 0 Å². The number of alkyl halides is 3. The van der Waals surface area contributed by atoms with Gasteiger partial charge < -0.3 is 4.74 Å². The number of hydrogen-bond donors (Lipinski definition) is 0. The lowest BCUT2D eigenvalue weighted by molar-refractivity contribution is -0.137. The Hall–Kier alpha value is -1.45. The van der Waals surface area contributed by atoms with Crippen molar-refractivity contribution in [3.63, 3.8) is 0 Å². The molecule has 94 valence electrons. The van der Waals surface area contributed by atoms with Crippen LogP contribution >= 0.6 is 0 Å². The van der Waals surface area contributed by atoms with E-state index in [2.05, 4.69) is 0 Å². The molecule has 1 rings (SSSR count). The van der Waals surface area contributed by atoms with Gasteiger partial charge in [-0.05, 0) is 44.5 Å². The minimum Gasteiger partial charge on any atom is -0.496 e. The number of halogens is 3. The molecule has 0 bridgehead atoms. The molecule has 4 heteroatoms. The molecule has 0 saturated carbocycles. The molecule has 0 aliphatic rings. The number of benzene rings is 1. The van der Waals surface area contributed by atoms with Gasteiger partial charge in [0.1, 0.15) is 0 Å². The summed E-state index contributed by atoms with van der Waals surface area (Å²) in [7, 11) is 0. The van der Waals surface area contributed by atoms with E-state index in [4.69, 9.17) is 4.74 Å². The lowest BCUT2D eigenvalue weighted by Gasteiger charge is -2.17. The van der Waals surface area contributed by atoms with Crippen LogP contribution in [0.25, 0.3) is 6.08 Å². The van der Waals surface area contributed by atoms with Crippen LogP contribution < -0.4 is 0 Å². The van der Waals surface area contributed by atoms with Gasteiger partial charge in [0.05, 0.1) is 17.4 Å². The summed E-state index contributed by atoms with van der Waals surface area (Å²) in [5, 5.41) is 0. The van der Waals surface area contributed by atoms with Gasteiger partial charge in [0.2, 0.25) is 0 Å². The molecule has 0 radical (unpaired) electrons. The Morgan fingerprint density at radius 2 is 1.53 bits per heavy atom. The normalized spacial score (nSPS) is 13.1. The first kappa shape index (κ1) is 13.6. The first-order valence-electron chi connectivity index (χ1n) is 5.20. The fraction of sp³-hybridized carbons (Fsp3) is 0.385. The zero-order valence-corrected chi connectivity index (χ0v) is 10.0. The largest absolute Gasteiger partial charge is 0.496 e. The summed E-state index contributed by atoms with van der Waals surface area (Å²) >= 11 is 0. The van der Waals surface area contributed by atoms with Crippen LogP contribution in [0.1, 0.15) is 31.9 Å². The average molecular weight is 244 g/mol. The molecular formula is C13H15F3O. The molecule has 0 heterocycles. The van der Waals surface area contributed by atoms with E-state index < -0.39 is 11.7 Å². The highest BCUT2D eigenvalue weighted by Crippen LogP contribution is 2.29. The fourth-order valence-corrected chi connectivity index (χ4v) is 1.10. The van der Waals surface area contributed by atoms with E-state index in [-0.39, 0.29) is 5.60 Å². The molecule has 0 saturated heterocycles. The molecule has 0 unspecified atom stereocenters. The standard InChI is InChI=1S/C13H15F3O/c1-12(2,3)17-9-8-10-4-6-11(7-5-10)13(14,15)16/h4-9H,1-3H3/b9-8+. The van der Waals surface area contributed by atoms with Crippen LogP contribution in [0.5, 0.6) is 0 Å². The van der Waals surface area contributed by atoms with E-state index in [1.54, 1.807) is 6.08 Å². The van der Waals surface area contributed by atoms with E-state index in [0.29, 0.717) is 5.56 Å². The van der Waals surface area contributed by atoms with Gasteiger partial charge in [0.15, 0.2) is 0 Å². The van der Waals surface area contributed by atoms with Gasteiger partial charge in [-0.25, -0.2) is 0 Å². The second-order valence-corrected chi connectivity index (χ2v) is 4.65. The number of rotatable bonds is 2. The third-order valence-electron chi connectivity index (χ3n) is 1.92. The van der Waals surface area contributed by atoms with Crippen molar-refractivity contribution in [1.82, 2.24) is 0 Å². The van der Waals surface area contributed by atoms with Crippen molar-refractivity contribution < 1.29 is 17.9 Å². The van der Waals surface area contributed by atoms with Crippen LogP contribution in [0, 0.1) is 0 Å². The highest BCUT2D eigenvalue weighted by Gasteiger charge is 2.29. The smallest absolute Gasteiger partial charge is 0.416 e. The van der Waals surface area contributed by atoms with Gasteiger partial charge in [-0.15, -0.1) is 0 Å². The summed E-state index contributed by atoms with van der Waals surface area (Å²) in [6.07, 6.45) is -1.17. The second kappa shape index (κ2) is 4.82. The third kappa shape index (κ3) is 4.93. The lowest BCUT2D eigenvalue weighted by atomic mass is 10.1. The van der Waals surface area contributed by atoms with Gasteiger partial charge in [-0.2, -0.15) is 13.2 Å². The Morgan fingerprint density at radius 1 is 1.00 bits per heavy atom. The third-order valence-corrected chi connectivity index (χ3v) is 1.92. The van der Waals surface area contributed by atoms with Crippen LogP contribution in [-0.2, 0) is 10.9 Å². The minimum atomic E-state index is -4.29. The van der Waals surface area contributed by atoms with Gasteiger partial charge in [-0.1, -0.05) is 12.1 Å². The van der Waals surface area contributed by atoms with E-state index >= 15 is 0 Å². The zero-order chi connectivity index (χ0) is 13.1. The number of hydrogen-bond acceptors (Lipinski definition) is 1. The molecular weight excluding hydrogens is 229 g/mol. The van der Waals surface area contributed by atoms with Crippen molar-refractivity contribution in [3.8, 4) is 0 Å². The summed E-state index contributed by atoms with van der Waals surface area (Å²) in [6.45, 7) is 5.68. The molecule has 0 aliphatic heterocycles. The van der Waals surface area contributed by atoms with Gasteiger partial charge in [0, 0.05) is 0 Å². The Morgan fingerprint density at radius 3 is 1.94 bits per heavy atom. The first-order valence-corrected chi connectivity index (χ1v) is 5.20. The molecule has 0 spiro atoms. The minimum absolute atomic E-state index is 0.303. The van der Waals surface area contributed by atoms with E-state index in [9.17, 15) is 13.2 Å². The van der Waals surface area contributed by atoms with E-state index in [1.807, 2.05) is 20.8 Å². The molecule has 0 aromatic heterocycles. The highest BCUT2D eigenvalue weighted by molar-refractivity contribution is 5.48. The summed E-state index contributed by atoms with van der Waals surface area (Å²) in [5.74, 6) is 0. The first-order chi connectivity index (χ1) is 7.68. The Bertz CT molecular complexity index is 383. The maximum absolute atomic E-state index is 12.3. The summed E-state index contributed by atoms with van der Waals surface area (Å²) in [5.41, 5.74) is -0.281. The summed E-state index contributed by atoms with van der Waals surface area (Å²) < 4.78 is 42.2. The van der Waals surface area contributed by atoms with Crippen molar-refractivity contribution in [3.05, 3.63) is 41.7 Å². The topological polar surface area (TPSA) is 9.23 Å². The molecule has 0 atom stereocenters. The van der Waals surface area contributed by atoms with Crippen LogP contribution in [0.3, 0.4) is 0 Å². The predicted octanol–water partition coefficient (Wildman–Crippen LogP) is 4.49. The summed E-state index contributed by atoms with van der Waals surface area (Å²) in [6, 6.07) is 4.92. The Labute approximate surface area is 98.9 Å². The maximum atomic E-state index is 12.3. The zero-order valence-electron chi connectivity index (χ0n) is 10.0. The predicted molar refractivity (Wildman–Crippen MR) is 61.3 cm³/mol. The molecule has 1 aromatic rings. The van der Waals surface area contributed by atoms with Crippen LogP contribution in [0.15, 0.2) is 30.5 Å². The van der Waals surface area contributed by atoms with Crippen molar-refractivity contribution in [2.24, 2.45) is 0 Å². The quantitative estimate of drug-likeness (QED) is 0.696. The summed E-state index contributed by atoms with van der Waals surface area (Å²) in [4.78, 5) is 0. The average Bonchev–Trinajstić information content (AvgIpc) is 2.15. The molecule has 1 aromatic carbocycles. The molecule has 1 nitrogen and oxygen atoms in total.